The van der Waals surface area contributed by atoms with Gasteiger partial charge in [-0.15, -0.1) is 11.6 Å². The van der Waals surface area contributed by atoms with Crippen molar-refractivity contribution in [2.45, 2.75) is 22.7 Å². The fraction of sp³-hybridized carbons (Fsp3) is 0.364. The van der Waals surface area contributed by atoms with E-state index in [9.17, 15) is 18.0 Å². The van der Waals surface area contributed by atoms with E-state index < -0.39 is 5.51 Å². The van der Waals surface area contributed by atoms with Crippen molar-refractivity contribution in [3.05, 3.63) is 29.3 Å². The van der Waals surface area contributed by atoms with Gasteiger partial charge in [0.05, 0.1) is 5.33 Å². The minimum Gasteiger partial charge on any atom is -0.298 e. The standard InChI is InChI=1S/C11H9BrClF3OS/c12-5-9(17)3-7-1-2-10(4-8(7)6-13)18-11(14,15)16/h1-2,4H,3,5-6H2. The summed E-state index contributed by atoms with van der Waals surface area (Å²) in [5.41, 5.74) is -3.10. The first kappa shape index (κ1) is 15.9. The Kier molecular flexibility index (Phi) is 6.01. The number of rotatable bonds is 5. The molecule has 1 rings (SSSR count). The van der Waals surface area contributed by atoms with Crippen molar-refractivity contribution in [3.8, 4) is 0 Å². The molecule has 0 spiro atoms. The molecule has 0 bridgehead atoms. The molecule has 0 aliphatic carbocycles. The average molecular weight is 362 g/mol. The monoisotopic (exact) mass is 360 g/mol. The summed E-state index contributed by atoms with van der Waals surface area (Å²) in [7, 11) is 0. The molecule has 0 aromatic heterocycles. The molecule has 0 saturated heterocycles. The van der Waals surface area contributed by atoms with E-state index in [0.29, 0.717) is 11.1 Å². The van der Waals surface area contributed by atoms with Crippen molar-refractivity contribution < 1.29 is 18.0 Å². The van der Waals surface area contributed by atoms with Gasteiger partial charge in [0.1, 0.15) is 5.78 Å². The number of thioether (sulfide) groups is 1. The molecule has 0 saturated carbocycles. The third kappa shape index (κ3) is 5.20. The summed E-state index contributed by atoms with van der Waals surface area (Å²) < 4.78 is 36.6. The highest BCUT2D eigenvalue weighted by Gasteiger charge is 2.29. The maximum absolute atomic E-state index is 12.2. The van der Waals surface area contributed by atoms with Crippen LogP contribution in [0, 0.1) is 0 Å². The smallest absolute Gasteiger partial charge is 0.298 e. The molecule has 0 N–H and O–H groups in total. The van der Waals surface area contributed by atoms with Crippen LogP contribution in [0.25, 0.3) is 0 Å². The van der Waals surface area contributed by atoms with E-state index >= 15 is 0 Å². The number of alkyl halides is 5. The second-order valence-electron chi connectivity index (χ2n) is 3.46. The lowest BCUT2D eigenvalue weighted by Crippen LogP contribution is -2.06. The molecule has 7 heteroatoms. The van der Waals surface area contributed by atoms with E-state index in [1.807, 2.05) is 0 Å². The Balaban J connectivity index is 2.93. The molecule has 0 heterocycles. The number of Topliss-reactive ketones (excluding diaryl/α,β-unsaturated/α-hetero) is 1. The Hall–Kier alpha value is -0.200. The van der Waals surface area contributed by atoms with Crippen LogP contribution >= 0.6 is 39.3 Å². The van der Waals surface area contributed by atoms with Crippen molar-refractivity contribution in [1.29, 1.82) is 0 Å². The number of hydrogen-bond acceptors (Lipinski definition) is 2. The summed E-state index contributed by atoms with van der Waals surface area (Å²) in [5.74, 6) is 0.0366. The van der Waals surface area contributed by atoms with Crippen LogP contribution in [-0.2, 0) is 17.1 Å². The lowest BCUT2D eigenvalue weighted by Gasteiger charge is -2.10. The van der Waals surface area contributed by atoms with Crippen LogP contribution in [0.3, 0.4) is 0 Å². The lowest BCUT2D eigenvalue weighted by atomic mass is 10.0. The van der Waals surface area contributed by atoms with E-state index in [1.165, 1.54) is 18.2 Å². The third-order valence-electron chi connectivity index (χ3n) is 2.09. The molecule has 1 nitrogen and oxygen atoms in total. The Morgan fingerprint density at radius 3 is 2.50 bits per heavy atom. The van der Waals surface area contributed by atoms with Crippen LogP contribution in [0.1, 0.15) is 11.1 Å². The molecule has 1 aromatic carbocycles. The van der Waals surface area contributed by atoms with Crippen molar-refractivity contribution in [1.82, 2.24) is 0 Å². The average Bonchev–Trinajstić information content (AvgIpc) is 2.28. The van der Waals surface area contributed by atoms with Gasteiger partial charge in [-0.2, -0.15) is 13.2 Å². The maximum Gasteiger partial charge on any atom is 0.446 e. The van der Waals surface area contributed by atoms with Gasteiger partial charge in [0.2, 0.25) is 0 Å². The Morgan fingerprint density at radius 1 is 1.33 bits per heavy atom. The summed E-state index contributed by atoms with van der Waals surface area (Å²) in [6, 6.07) is 4.25. The number of halogens is 5. The summed E-state index contributed by atoms with van der Waals surface area (Å²) >= 11 is 8.54. The molecule has 0 amide bonds. The fourth-order valence-corrected chi connectivity index (χ4v) is 2.41. The molecular formula is C11H9BrClF3OS. The van der Waals surface area contributed by atoms with Crippen LogP contribution in [0.15, 0.2) is 23.1 Å². The molecule has 0 radical (unpaired) electrons. The molecule has 0 fully saturated rings. The number of carbonyl (C=O) groups excluding carboxylic acids is 1. The summed E-state index contributed by atoms with van der Waals surface area (Å²) in [4.78, 5) is 11.4. The number of carbonyl (C=O) groups is 1. The number of hydrogen-bond donors (Lipinski definition) is 0. The first-order valence-corrected chi connectivity index (χ1v) is 7.34. The van der Waals surface area contributed by atoms with Gasteiger partial charge in [0.15, 0.2) is 0 Å². The highest BCUT2D eigenvalue weighted by molar-refractivity contribution is 9.09. The Labute approximate surface area is 120 Å². The van der Waals surface area contributed by atoms with Gasteiger partial charge in [-0.3, -0.25) is 4.79 Å². The van der Waals surface area contributed by atoms with Gasteiger partial charge in [-0.1, -0.05) is 22.0 Å². The first-order valence-electron chi connectivity index (χ1n) is 4.87. The van der Waals surface area contributed by atoms with Crippen LogP contribution in [0.4, 0.5) is 13.2 Å². The maximum atomic E-state index is 12.2. The van der Waals surface area contributed by atoms with Crippen LogP contribution in [0.5, 0.6) is 0 Å². The Bertz CT molecular complexity index is 437. The second-order valence-corrected chi connectivity index (χ2v) is 5.43. The van der Waals surface area contributed by atoms with Gasteiger partial charge in [-0.05, 0) is 35.0 Å². The molecule has 100 valence electrons. The van der Waals surface area contributed by atoms with Gasteiger partial charge in [0.25, 0.3) is 0 Å². The SMILES string of the molecule is O=C(CBr)Cc1ccc(SC(F)(F)F)cc1CCl. The van der Waals surface area contributed by atoms with Crippen molar-refractivity contribution >= 4 is 45.1 Å². The minimum atomic E-state index is -4.32. The molecular weight excluding hydrogens is 353 g/mol. The zero-order valence-corrected chi connectivity index (χ0v) is 12.2. The second kappa shape index (κ2) is 6.82. The zero-order chi connectivity index (χ0) is 13.8. The lowest BCUT2D eigenvalue weighted by molar-refractivity contribution is -0.115. The summed E-state index contributed by atoms with van der Waals surface area (Å²) in [5, 5.41) is 0.216. The van der Waals surface area contributed by atoms with Crippen molar-refractivity contribution in [3.63, 3.8) is 0 Å². The van der Waals surface area contributed by atoms with E-state index in [2.05, 4.69) is 15.9 Å². The van der Waals surface area contributed by atoms with Crippen LogP contribution < -0.4 is 0 Å². The molecule has 1 aromatic rings. The van der Waals surface area contributed by atoms with Crippen LogP contribution in [-0.4, -0.2) is 16.6 Å². The molecule has 18 heavy (non-hydrogen) atoms. The Morgan fingerprint density at radius 2 is 2.00 bits per heavy atom. The van der Waals surface area contributed by atoms with Gasteiger partial charge < -0.3 is 0 Å². The van der Waals surface area contributed by atoms with E-state index in [0.717, 1.165) is 0 Å². The third-order valence-corrected chi connectivity index (χ3v) is 3.73. The molecule has 0 aliphatic rings. The van der Waals surface area contributed by atoms with E-state index in [4.69, 9.17) is 11.6 Å². The molecule has 0 unspecified atom stereocenters. The van der Waals surface area contributed by atoms with Crippen LogP contribution in [0.2, 0.25) is 0 Å². The highest BCUT2D eigenvalue weighted by Crippen LogP contribution is 2.37. The molecule has 0 aliphatic heterocycles. The van der Waals surface area contributed by atoms with Crippen molar-refractivity contribution in [2.75, 3.05) is 5.33 Å². The molecule has 0 atom stereocenters. The first-order chi connectivity index (χ1) is 8.35. The number of benzene rings is 1. The van der Waals surface area contributed by atoms with Gasteiger partial charge >= 0.3 is 5.51 Å². The van der Waals surface area contributed by atoms with Gasteiger partial charge in [-0.25, -0.2) is 0 Å². The predicted molar refractivity (Wildman–Crippen MR) is 70.4 cm³/mol. The van der Waals surface area contributed by atoms with Gasteiger partial charge in [0, 0.05) is 17.2 Å². The predicted octanol–water partition coefficient (Wildman–Crippen LogP) is 4.54. The minimum absolute atomic E-state index is 0.0439. The highest BCUT2D eigenvalue weighted by atomic mass is 79.9. The summed E-state index contributed by atoms with van der Waals surface area (Å²) in [6.45, 7) is 0. The van der Waals surface area contributed by atoms with E-state index in [1.54, 1.807) is 0 Å². The quantitative estimate of drug-likeness (QED) is 0.565. The fourth-order valence-electron chi connectivity index (χ4n) is 1.36. The largest absolute Gasteiger partial charge is 0.446 e. The topological polar surface area (TPSA) is 17.1 Å². The zero-order valence-electron chi connectivity index (χ0n) is 9.06. The van der Waals surface area contributed by atoms with E-state index in [-0.39, 0.29) is 40.1 Å². The number of ketones is 1. The van der Waals surface area contributed by atoms with Crippen molar-refractivity contribution in [2.24, 2.45) is 0 Å². The summed E-state index contributed by atoms with van der Waals surface area (Å²) in [6.07, 6.45) is 0.171. The normalized spacial score (nSPS) is 11.6.